The third kappa shape index (κ3) is 3.48. The molecule has 7 nitrogen and oxygen atoms in total. The minimum absolute atomic E-state index is 0.186. The van der Waals surface area contributed by atoms with Crippen LogP contribution in [-0.2, 0) is 13.2 Å². The fourth-order valence-corrected chi connectivity index (χ4v) is 3.90. The van der Waals surface area contributed by atoms with Crippen LogP contribution in [-0.4, -0.2) is 24.8 Å². The summed E-state index contributed by atoms with van der Waals surface area (Å²) in [5.41, 5.74) is 9.72. The molecule has 1 atom stereocenters. The first-order chi connectivity index (χ1) is 15.3. The highest BCUT2D eigenvalue weighted by atomic mass is 19.4. The van der Waals surface area contributed by atoms with Crippen LogP contribution in [0.25, 0.3) is 27.9 Å². The van der Waals surface area contributed by atoms with Gasteiger partial charge in [-0.05, 0) is 24.6 Å². The van der Waals surface area contributed by atoms with Crippen molar-refractivity contribution in [1.29, 1.82) is 0 Å². The molecule has 1 aromatic carbocycles. The van der Waals surface area contributed by atoms with Crippen molar-refractivity contribution < 1.29 is 13.2 Å². The molecule has 0 saturated carbocycles. The van der Waals surface area contributed by atoms with Crippen molar-refractivity contribution in [2.75, 3.05) is 0 Å². The molecule has 0 bridgehead atoms. The van der Waals surface area contributed by atoms with E-state index >= 15 is 0 Å². The maximum absolute atomic E-state index is 13.5. The van der Waals surface area contributed by atoms with Crippen LogP contribution >= 0.6 is 0 Å². The molecular formula is C22H20F3N7. The largest absolute Gasteiger partial charge is 0.416 e. The second-order valence-corrected chi connectivity index (χ2v) is 7.67. The number of H-pyrrole nitrogens is 1. The van der Waals surface area contributed by atoms with Crippen LogP contribution in [0.5, 0.6) is 0 Å². The Labute approximate surface area is 181 Å². The molecule has 0 spiro atoms. The zero-order chi connectivity index (χ0) is 22.5. The monoisotopic (exact) mass is 439 g/mol. The van der Waals surface area contributed by atoms with E-state index in [0.29, 0.717) is 5.65 Å². The van der Waals surface area contributed by atoms with Crippen LogP contribution in [0.4, 0.5) is 13.2 Å². The zero-order valence-electron chi connectivity index (χ0n) is 17.3. The molecule has 0 aliphatic carbocycles. The van der Waals surface area contributed by atoms with E-state index in [1.54, 1.807) is 41.3 Å². The molecule has 164 valence electrons. The predicted octanol–water partition coefficient (Wildman–Crippen LogP) is 4.37. The summed E-state index contributed by atoms with van der Waals surface area (Å²) in [4.78, 5) is 7.64. The van der Waals surface area contributed by atoms with Gasteiger partial charge in [-0.15, -0.1) is 5.53 Å². The highest BCUT2D eigenvalue weighted by Crippen LogP contribution is 2.37. The number of hydrogen-bond acceptors (Lipinski definition) is 5. The Morgan fingerprint density at radius 2 is 1.91 bits per heavy atom. The number of aromatic nitrogens is 4. The Kier molecular flexibility index (Phi) is 4.66. The Hall–Kier alpha value is -3.79. The Morgan fingerprint density at radius 3 is 2.66 bits per heavy atom. The normalized spacial score (nSPS) is 15.2. The Balaban J connectivity index is 1.48. The van der Waals surface area contributed by atoms with Crippen LogP contribution in [0, 0.1) is 0 Å². The molecule has 4 heterocycles. The second kappa shape index (κ2) is 7.41. The van der Waals surface area contributed by atoms with Crippen LogP contribution in [0.3, 0.4) is 0 Å². The van der Waals surface area contributed by atoms with E-state index in [0.717, 1.165) is 33.8 Å². The van der Waals surface area contributed by atoms with Gasteiger partial charge in [0, 0.05) is 53.9 Å². The van der Waals surface area contributed by atoms with Gasteiger partial charge >= 0.3 is 6.18 Å². The van der Waals surface area contributed by atoms with Crippen molar-refractivity contribution >= 4 is 16.7 Å². The number of rotatable bonds is 4. The number of benzene rings is 1. The molecule has 0 amide bonds. The second-order valence-electron chi connectivity index (χ2n) is 7.67. The fraction of sp³-hybridized carbons (Fsp3) is 0.182. The van der Waals surface area contributed by atoms with Gasteiger partial charge in [0.25, 0.3) is 0 Å². The van der Waals surface area contributed by atoms with Gasteiger partial charge < -0.3 is 10.4 Å². The number of alkyl halides is 3. The molecule has 3 aromatic heterocycles. The first-order valence-electron chi connectivity index (χ1n) is 9.96. The zero-order valence-corrected chi connectivity index (χ0v) is 17.3. The molecule has 1 unspecified atom stereocenters. The van der Waals surface area contributed by atoms with E-state index in [-0.39, 0.29) is 5.56 Å². The van der Waals surface area contributed by atoms with E-state index in [4.69, 9.17) is 0 Å². The minimum Gasteiger partial charge on any atom is -0.345 e. The van der Waals surface area contributed by atoms with Crippen LogP contribution in [0.1, 0.15) is 29.7 Å². The summed E-state index contributed by atoms with van der Waals surface area (Å²) in [6, 6.07) is 7.06. The third-order valence-electron chi connectivity index (χ3n) is 5.58. The highest BCUT2D eigenvalue weighted by molar-refractivity contribution is 5.92. The SMILES string of the molecule is CC(c1ccccc1C(F)(F)F)N1C=C(c2c[nH]c3ncc(-c4cnn(C)c4)cc23)NN1. The lowest BCUT2D eigenvalue weighted by molar-refractivity contribution is -0.138. The van der Waals surface area contributed by atoms with Crippen LogP contribution in [0.15, 0.2) is 61.3 Å². The molecule has 5 rings (SSSR count). The van der Waals surface area contributed by atoms with Gasteiger partial charge in [0.05, 0.1) is 23.5 Å². The Bertz CT molecular complexity index is 1320. The quantitative estimate of drug-likeness (QED) is 0.441. The first kappa shape index (κ1) is 20.1. The van der Waals surface area contributed by atoms with E-state index in [9.17, 15) is 13.2 Å². The number of nitrogens with one attached hydrogen (secondary N) is 3. The van der Waals surface area contributed by atoms with Crippen molar-refractivity contribution in [2.24, 2.45) is 7.05 Å². The van der Waals surface area contributed by atoms with Gasteiger partial charge in [-0.25, -0.2) is 4.98 Å². The molecule has 32 heavy (non-hydrogen) atoms. The Morgan fingerprint density at radius 1 is 1.09 bits per heavy atom. The molecule has 1 aliphatic heterocycles. The summed E-state index contributed by atoms with van der Waals surface area (Å²) in [6.07, 6.45) is 4.61. The molecular weight excluding hydrogens is 419 g/mol. The molecule has 4 aromatic rings. The van der Waals surface area contributed by atoms with E-state index in [1.807, 2.05) is 25.5 Å². The lowest BCUT2D eigenvalue weighted by Gasteiger charge is -2.26. The number of pyridine rings is 1. The minimum atomic E-state index is -4.42. The molecule has 1 aliphatic rings. The lowest BCUT2D eigenvalue weighted by atomic mass is 10.0. The smallest absolute Gasteiger partial charge is 0.345 e. The van der Waals surface area contributed by atoms with Gasteiger partial charge in [-0.3, -0.25) is 9.69 Å². The van der Waals surface area contributed by atoms with E-state index in [2.05, 4.69) is 26.0 Å². The first-order valence-corrected chi connectivity index (χ1v) is 9.96. The third-order valence-corrected chi connectivity index (χ3v) is 5.58. The van der Waals surface area contributed by atoms with E-state index < -0.39 is 17.8 Å². The standard InChI is InChI=1S/C22H20F3N7/c1-13(16-5-3-4-6-19(16)22(23,24)25)32-12-20(29-30-32)18-10-27-21-17(18)7-14(8-26-21)15-9-28-31(2)11-15/h3-13,29-30H,1-2H3,(H,26,27). The molecule has 0 fully saturated rings. The average molecular weight is 439 g/mol. The maximum Gasteiger partial charge on any atom is 0.416 e. The van der Waals surface area contributed by atoms with Crippen molar-refractivity contribution in [1.82, 2.24) is 35.7 Å². The van der Waals surface area contributed by atoms with Gasteiger partial charge in [-0.1, -0.05) is 18.2 Å². The number of aromatic amines is 1. The van der Waals surface area contributed by atoms with Crippen molar-refractivity contribution in [3.63, 3.8) is 0 Å². The molecule has 3 N–H and O–H groups in total. The predicted molar refractivity (Wildman–Crippen MR) is 114 cm³/mol. The summed E-state index contributed by atoms with van der Waals surface area (Å²) < 4.78 is 42.1. The number of fused-ring (bicyclic) bond motifs is 1. The molecule has 10 heteroatoms. The summed E-state index contributed by atoms with van der Waals surface area (Å²) in [7, 11) is 1.85. The van der Waals surface area contributed by atoms with Gasteiger partial charge in [0.1, 0.15) is 5.65 Å². The van der Waals surface area contributed by atoms with Crippen molar-refractivity contribution in [3.05, 3.63) is 78.0 Å². The summed E-state index contributed by atoms with van der Waals surface area (Å²) in [5.74, 6) is 0. The number of nitrogens with zero attached hydrogens (tertiary/aromatic N) is 4. The summed E-state index contributed by atoms with van der Waals surface area (Å²) in [5, 5.41) is 6.71. The summed E-state index contributed by atoms with van der Waals surface area (Å²) >= 11 is 0. The average Bonchev–Trinajstić information content (AvgIpc) is 3.51. The number of aryl methyl sites for hydroxylation is 1. The topological polar surface area (TPSA) is 73.8 Å². The number of hydrazine groups is 2. The van der Waals surface area contributed by atoms with Crippen molar-refractivity contribution in [3.8, 4) is 11.1 Å². The van der Waals surface area contributed by atoms with Crippen LogP contribution < -0.4 is 11.0 Å². The fourth-order valence-electron chi connectivity index (χ4n) is 3.90. The maximum atomic E-state index is 13.5. The lowest BCUT2D eigenvalue weighted by Crippen LogP contribution is -2.38. The van der Waals surface area contributed by atoms with E-state index in [1.165, 1.54) is 12.1 Å². The number of halogens is 3. The van der Waals surface area contributed by atoms with Gasteiger partial charge in [0.2, 0.25) is 0 Å². The molecule has 0 saturated heterocycles. The van der Waals surface area contributed by atoms with Gasteiger partial charge in [-0.2, -0.15) is 18.3 Å². The van der Waals surface area contributed by atoms with Crippen molar-refractivity contribution in [2.45, 2.75) is 19.1 Å². The highest BCUT2D eigenvalue weighted by Gasteiger charge is 2.35. The summed E-state index contributed by atoms with van der Waals surface area (Å²) in [6.45, 7) is 1.72. The van der Waals surface area contributed by atoms with Crippen LogP contribution in [0.2, 0.25) is 0 Å². The number of hydrogen-bond donors (Lipinski definition) is 3. The van der Waals surface area contributed by atoms with Gasteiger partial charge in [0.15, 0.2) is 0 Å². The molecule has 0 radical (unpaired) electrons.